The van der Waals surface area contributed by atoms with Crippen LogP contribution in [0.15, 0.2) is 59.2 Å². The Hall–Kier alpha value is -3.08. The minimum Gasteiger partial charge on any atom is -0.507 e. The monoisotopic (exact) mass is 309 g/mol. The van der Waals surface area contributed by atoms with E-state index < -0.39 is 5.97 Å². The van der Waals surface area contributed by atoms with Crippen LogP contribution >= 0.6 is 0 Å². The van der Waals surface area contributed by atoms with Crippen molar-refractivity contribution < 1.29 is 19.1 Å². The molecule has 5 nitrogen and oxygen atoms in total. The predicted molar refractivity (Wildman–Crippen MR) is 83.9 cm³/mol. The highest BCUT2D eigenvalue weighted by atomic mass is 16.5. The molecule has 0 radical (unpaired) electrons. The topological polar surface area (TPSA) is 72.6 Å². The van der Waals surface area contributed by atoms with Crippen LogP contribution in [0.25, 0.3) is 11.5 Å². The summed E-state index contributed by atoms with van der Waals surface area (Å²) in [7, 11) is 0. The number of carbonyl (C=O) groups is 1. The first-order valence-electron chi connectivity index (χ1n) is 7.10. The minimum atomic E-state index is -0.601. The van der Waals surface area contributed by atoms with Gasteiger partial charge in [-0.2, -0.15) is 0 Å². The Morgan fingerprint density at radius 3 is 2.74 bits per heavy atom. The van der Waals surface area contributed by atoms with Crippen LogP contribution in [0.5, 0.6) is 5.75 Å². The van der Waals surface area contributed by atoms with E-state index in [4.69, 9.17) is 9.15 Å². The van der Waals surface area contributed by atoms with Gasteiger partial charge in [0, 0.05) is 5.56 Å². The van der Waals surface area contributed by atoms with Gasteiger partial charge in [0.2, 0.25) is 5.89 Å². The Kier molecular flexibility index (Phi) is 4.10. The number of rotatable bonds is 4. The zero-order chi connectivity index (χ0) is 16.2. The molecule has 1 heterocycles. The van der Waals surface area contributed by atoms with Crippen LogP contribution in [0, 0.1) is 6.92 Å². The van der Waals surface area contributed by atoms with Crippen LogP contribution in [-0.4, -0.2) is 16.1 Å². The molecule has 0 saturated heterocycles. The fourth-order valence-electron chi connectivity index (χ4n) is 2.13. The first kappa shape index (κ1) is 14.8. The van der Waals surface area contributed by atoms with Crippen LogP contribution < -0.4 is 0 Å². The SMILES string of the molecule is Cc1cccc(C(=O)OCc2coc(-c3ccccc3)n2)c1O. The molecule has 0 unspecified atom stereocenters. The lowest BCUT2D eigenvalue weighted by atomic mass is 10.1. The molecule has 0 aliphatic carbocycles. The normalized spacial score (nSPS) is 10.5. The van der Waals surface area contributed by atoms with E-state index in [1.807, 2.05) is 30.3 Å². The second kappa shape index (κ2) is 6.36. The summed E-state index contributed by atoms with van der Waals surface area (Å²) in [5, 5.41) is 9.88. The zero-order valence-corrected chi connectivity index (χ0v) is 12.5. The van der Waals surface area contributed by atoms with Crippen molar-refractivity contribution in [2.75, 3.05) is 0 Å². The third-order valence-electron chi connectivity index (χ3n) is 3.38. The van der Waals surface area contributed by atoms with Gasteiger partial charge in [0.25, 0.3) is 0 Å². The summed E-state index contributed by atoms with van der Waals surface area (Å²) in [4.78, 5) is 16.3. The molecule has 0 saturated carbocycles. The molecule has 0 aliphatic heterocycles. The third kappa shape index (κ3) is 3.23. The molecule has 2 aromatic carbocycles. The quantitative estimate of drug-likeness (QED) is 0.744. The number of esters is 1. The third-order valence-corrected chi connectivity index (χ3v) is 3.38. The number of nitrogens with zero attached hydrogens (tertiary/aromatic N) is 1. The van der Waals surface area contributed by atoms with E-state index in [1.54, 1.807) is 19.1 Å². The van der Waals surface area contributed by atoms with E-state index in [0.717, 1.165) is 5.56 Å². The van der Waals surface area contributed by atoms with Gasteiger partial charge in [0.1, 0.15) is 29.9 Å². The summed E-state index contributed by atoms with van der Waals surface area (Å²) < 4.78 is 10.6. The Morgan fingerprint density at radius 1 is 1.17 bits per heavy atom. The number of oxazole rings is 1. The molecule has 1 aromatic heterocycles. The van der Waals surface area contributed by atoms with Gasteiger partial charge in [-0.15, -0.1) is 0 Å². The van der Waals surface area contributed by atoms with Crippen molar-refractivity contribution >= 4 is 5.97 Å². The van der Waals surface area contributed by atoms with Crippen LogP contribution in [0.1, 0.15) is 21.6 Å². The zero-order valence-electron chi connectivity index (χ0n) is 12.5. The second-order valence-electron chi connectivity index (χ2n) is 5.06. The Balaban J connectivity index is 1.68. The summed E-state index contributed by atoms with van der Waals surface area (Å²) in [5.41, 5.74) is 2.11. The molecule has 3 rings (SSSR count). The Bertz CT molecular complexity index is 824. The van der Waals surface area contributed by atoms with E-state index >= 15 is 0 Å². The molecule has 0 fully saturated rings. The Morgan fingerprint density at radius 2 is 1.96 bits per heavy atom. The standard InChI is InChI=1S/C18H15NO4/c1-12-6-5-9-15(16(12)20)18(21)23-11-14-10-22-17(19-14)13-7-3-2-4-8-13/h2-10,20H,11H2,1H3. The molecule has 5 heteroatoms. The largest absolute Gasteiger partial charge is 0.507 e. The van der Waals surface area contributed by atoms with Gasteiger partial charge in [-0.3, -0.25) is 0 Å². The number of hydrogen-bond donors (Lipinski definition) is 1. The summed E-state index contributed by atoms with van der Waals surface area (Å²) in [6.07, 6.45) is 1.45. The van der Waals surface area contributed by atoms with Crippen molar-refractivity contribution in [1.29, 1.82) is 0 Å². The molecule has 1 N–H and O–H groups in total. The first-order valence-corrected chi connectivity index (χ1v) is 7.10. The molecule has 0 aliphatic rings. The molecular formula is C18H15NO4. The minimum absolute atomic E-state index is 0.0252. The van der Waals surface area contributed by atoms with Gasteiger partial charge in [-0.25, -0.2) is 9.78 Å². The lowest BCUT2D eigenvalue weighted by Crippen LogP contribution is -2.06. The van der Waals surface area contributed by atoms with Crippen molar-refractivity contribution in [1.82, 2.24) is 4.98 Å². The number of para-hydroxylation sites is 1. The molecule has 0 spiro atoms. The van der Waals surface area contributed by atoms with Crippen LogP contribution in [0.3, 0.4) is 0 Å². The molecule has 3 aromatic rings. The number of benzene rings is 2. The van der Waals surface area contributed by atoms with E-state index in [1.165, 1.54) is 12.3 Å². The van der Waals surface area contributed by atoms with Gasteiger partial charge in [-0.1, -0.05) is 30.3 Å². The summed E-state index contributed by atoms with van der Waals surface area (Å²) in [6.45, 7) is 1.69. The fraction of sp³-hybridized carbons (Fsp3) is 0.111. The van der Waals surface area contributed by atoms with E-state index in [2.05, 4.69) is 4.98 Å². The number of hydrogen-bond acceptors (Lipinski definition) is 5. The molecule has 0 bridgehead atoms. The molecule has 0 atom stereocenters. The van der Waals surface area contributed by atoms with Gasteiger partial charge < -0.3 is 14.3 Å². The molecule has 116 valence electrons. The number of phenolic OH excluding ortho intramolecular Hbond substituents is 1. The Labute approximate surface area is 133 Å². The van der Waals surface area contributed by atoms with Gasteiger partial charge in [0.15, 0.2) is 0 Å². The number of aromatic nitrogens is 1. The highest BCUT2D eigenvalue weighted by Crippen LogP contribution is 2.23. The summed E-state index contributed by atoms with van der Waals surface area (Å²) >= 11 is 0. The van der Waals surface area contributed by atoms with Crippen LogP contribution in [0.2, 0.25) is 0 Å². The van der Waals surface area contributed by atoms with Crippen molar-refractivity contribution in [3.8, 4) is 17.2 Å². The number of aryl methyl sites for hydroxylation is 1. The lowest BCUT2D eigenvalue weighted by molar-refractivity contribution is 0.0464. The second-order valence-corrected chi connectivity index (χ2v) is 5.06. The average Bonchev–Trinajstić information content (AvgIpc) is 3.05. The summed E-state index contributed by atoms with van der Waals surface area (Å²) in [5.74, 6) is -0.201. The van der Waals surface area contributed by atoms with E-state index in [9.17, 15) is 9.90 Å². The first-order chi connectivity index (χ1) is 11.1. The van der Waals surface area contributed by atoms with Gasteiger partial charge in [0.05, 0.1) is 0 Å². The fourth-order valence-corrected chi connectivity index (χ4v) is 2.13. The smallest absolute Gasteiger partial charge is 0.342 e. The predicted octanol–water partition coefficient (Wildman–Crippen LogP) is 3.71. The van der Waals surface area contributed by atoms with Crippen LogP contribution in [-0.2, 0) is 11.3 Å². The summed E-state index contributed by atoms with van der Waals surface area (Å²) in [6, 6.07) is 14.4. The molecule has 0 amide bonds. The van der Waals surface area contributed by atoms with Crippen molar-refractivity contribution in [3.05, 3.63) is 71.6 Å². The number of phenols is 1. The maximum absolute atomic E-state index is 12.0. The van der Waals surface area contributed by atoms with E-state index in [-0.39, 0.29) is 17.9 Å². The molecular weight excluding hydrogens is 294 g/mol. The number of ether oxygens (including phenoxy) is 1. The number of carbonyl (C=O) groups excluding carboxylic acids is 1. The molecule has 23 heavy (non-hydrogen) atoms. The van der Waals surface area contributed by atoms with Gasteiger partial charge >= 0.3 is 5.97 Å². The van der Waals surface area contributed by atoms with Gasteiger partial charge in [-0.05, 0) is 30.7 Å². The lowest BCUT2D eigenvalue weighted by Gasteiger charge is -2.06. The van der Waals surface area contributed by atoms with Crippen molar-refractivity contribution in [2.24, 2.45) is 0 Å². The van der Waals surface area contributed by atoms with Crippen molar-refractivity contribution in [2.45, 2.75) is 13.5 Å². The number of aromatic hydroxyl groups is 1. The average molecular weight is 309 g/mol. The van der Waals surface area contributed by atoms with E-state index in [0.29, 0.717) is 17.1 Å². The highest BCUT2D eigenvalue weighted by molar-refractivity contribution is 5.92. The maximum Gasteiger partial charge on any atom is 0.342 e. The van der Waals surface area contributed by atoms with Crippen LogP contribution in [0.4, 0.5) is 0 Å². The highest BCUT2D eigenvalue weighted by Gasteiger charge is 2.15. The van der Waals surface area contributed by atoms with Crippen molar-refractivity contribution in [3.63, 3.8) is 0 Å². The maximum atomic E-state index is 12.0.